The van der Waals surface area contributed by atoms with Crippen LogP contribution in [-0.2, 0) is 15.3 Å². The van der Waals surface area contributed by atoms with E-state index in [0.717, 1.165) is 4.90 Å². The molecular weight excluding hydrogens is 394 g/mol. The molecule has 6 nitrogen and oxygen atoms in total. The molecule has 3 aromatic carbocycles. The highest BCUT2D eigenvalue weighted by atomic mass is 16.5. The number of aliphatic hydroxyl groups is 2. The minimum absolute atomic E-state index is 0.278. The van der Waals surface area contributed by atoms with Crippen LogP contribution in [0, 0.1) is 0 Å². The van der Waals surface area contributed by atoms with E-state index in [2.05, 4.69) is 0 Å². The molecule has 1 heterocycles. The first-order valence-corrected chi connectivity index (χ1v) is 9.87. The van der Waals surface area contributed by atoms with Crippen molar-refractivity contribution in [2.75, 3.05) is 11.5 Å². The summed E-state index contributed by atoms with van der Waals surface area (Å²) in [5, 5.41) is 22.9. The van der Waals surface area contributed by atoms with Crippen molar-refractivity contribution in [1.82, 2.24) is 0 Å². The molecule has 1 amide bonds. The zero-order chi connectivity index (χ0) is 22.0. The molecule has 0 bridgehead atoms. The molecule has 0 saturated carbocycles. The van der Waals surface area contributed by atoms with E-state index in [9.17, 15) is 19.8 Å². The Morgan fingerprint density at radius 2 is 1.48 bits per heavy atom. The topological polar surface area (TPSA) is 87.1 Å². The van der Waals surface area contributed by atoms with Crippen molar-refractivity contribution in [3.63, 3.8) is 0 Å². The van der Waals surface area contributed by atoms with Crippen molar-refractivity contribution in [3.05, 3.63) is 102 Å². The highest BCUT2D eigenvalue weighted by Gasteiger charge is 2.57. The maximum Gasteiger partial charge on any atom is 0.302 e. The van der Waals surface area contributed by atoms with Gasteiger partial charge in [-0.25, -0.2) is 0 Å². The molecule has 2 N–H and O–H groups in total. The average Bonchev–Trinajstić information content (AvgIpc) is 3.01. The molecule has 6 heteroatoms. The van der Waals surface area contributed by atoms with Gasteiger partial charge >= 0.3 is 5.91 Å². The van der Waals surface area contributed by atoms with E-state index in [0.29, 0.717) is 23.6 Å². The summed E-state index contributed by atoms with van der Waals surface area (Å²) in [6.45, 7) is 2.33. The number of hydrogen-bond acceptors (Lipinski definition) is 5. The number of amides is 1. The second kappa shape index (κ2) is 8.08. The normalized spacial score (nSPS) is 20.1. The molecular formula is C25H21NO5. The Labute approximate surface area is 179 Å². The zero-order valence-electron chi connectivity index (χ0n) is 16.9. The fraction of sp³-hybridized carbons (Fsp3) is 0.120. The smallest absolute Gasteiger partial charge is 0.302 e. The van der Waals surface area contributed by atoms with E-state index in [1.54, 1.807) is 84.9 Å². The Balaban J connectivity index is 1.95. The molecule has 0 radical (unpaired) electrons. The Morgan fingerprint density at radius 3 is 2.06 bits per heavy atom. The summed E-state index contributed by atoms with van der Waals surface area (Å²) >= 11 is 0. The highest BCUT2D eigenvalue weighted by Crippen LogP contribution is 2.45. The van der Waals surface area contributed by atoms with Crippen LogP contribution in [0.4, 0.5) is 5.69 Å². The number of benzene rings is 3. The van der Waals surface area contributed by atoms with Gasteiger partial charge in [0.15, 0.2) is 0 Å². The largest absolute Gasteiger partial charge is 0.507 e. The van der Waals surface area contributed by atoms with E-state index in [4.69, 9.17) is 4.74 Å². The van der Waals surface area contributed by atoms with Crippen LogP contribution in [0.1, 0.15) is 18.1 Å². The quantitative estimate of drug-likeness (QED) is 0.376. The minimum atomic E-state index is -2.19. The number of ether oxygens (including phenoxy) is 1. The van der Waals surface area contributed by atoms with Crippen LogP contribution >= 0.6 is 0 Å². The molecule has 0 aliphatic carbocycles. The summed E-state index contributed by atoms with van der Waals surface area (Å²) in [5.74, 6) is -1.76. The lowest BCUT2D eigenvalue weighted by Gasteiger charge is -2.34. The lowest BCUT2D eigenvalue weighted by Crippen LogP contribution is -2.44. The van der Waals surface area contributed by atoms with E-state index in [-0.39, 0.29) is 11.1 Å². The monoisotopic (exact) mass is 415 g/mol. The lowest BCUT2D eigenvalue weighted by atomic mass is 9.91. The standard InChI is InChI=1S/C25H21NO5/c1-2-31-20-15-13-19(14-16-20)26-24(29)23(28)21(22(27)17-9-5-3-6-10-17)25(26,30)18-11-7-4-8-12-18/h3-16,27,30H,2H2,1H3/b22-21+. The van der Waals surface area contributed by atoms with Gasteiger partial charge in [0.25, 0.3) is 5.78 Å². The van der Waals surface area contributed by atoms with Crippen molar-refractivity contribution >= 4 is 23.1 Å². The molecule has 1 aliphatic rings. The second-order valence-electron chi connectivity index (χ2n) is 7.02. The molecule has 0 spiro atoms. The van der Waals surface area contributed by atoms with Crippen LogP contribution in [0.3, 0.4) is 0 Å². The molecule has 1 aliphatic heterocycles. The zero-order valence-corrected chi connectivity index (χ0v) is 16.9. The first-order chi connectivity index (χ1) is 15.0. The fourth-order valence-corrected chi connectivity index (χ4v) is 3.74. The third-order valence-electron chi connectivity index (χ3n) is 5.16. The first-order valence-electron chi connectivity index (χ1n) is 9.87. The van der Waals surface area contributed by atoms with Crippen molar-refractivity contribution < 1.29 is 24.5 Å². The van der Waals surface area contributed by atoms with Gasteiger partial charge in [-0.2, -0.15) is 0 Å². The Morgan fingerprint density at radius 1 is 0.903 bits per heavy atom. The number of nitrogens with zero attached hydrogens (tertiary/aromatic N) is 1. The Bertz CT molecular complexity index is 1140. The number of carbonyl (C=O) groups is 2. The van der Waals surface area contributed by atoms with Gasteiger partial charge in [-0.05, 0) is 31.2 Å². The lowest BCUT2D eigenvalue weighted by molar-refractivity contribution is -0.132. The summed E-state index contributed by atoms with van der Waals surface area (Å²) in [5.41, 5.74) is -1.68. The third-order valence-corrected chi connectivity index (χ3v) is 5.16. The van der Waals surface area contributed by atoms with E-state index in [1.807, 2.05) is 6.92 Å². The van der Waals surface area contributed by atoms with Gasteiger partial charge < -0.3 is 14.9 Å². The first kappa shape index (κ1) is 20.4. The summed E-state index contributed by atoms with van der Waals surface area (Å²) in [4.78, 5) is 27.2. The number of Topliss-reactive ketones (excluding diaryl/α,β-unsaturated/α-hetero) is 1. The molecule has 156 valence electrons. The molecule has 31 heavy (non-hydrogen) atoms. The molecule has 3 aromatic rings. The van der Waals surface area contributed by atoms with Crippen molar-refractivity contribution in [2.24, 2.45) is 0 Å². The van der Waals surface area contributed by atoms with E-state index < -0.39 is 23.2 Å². The highest BCUT2D eigenvalue weighted by molar-refractivity contribution is 6.52. The number of carbonyl (C=O) groups excluding carboxylic acids is 2. The summed E-state index contributed by atoms with van der Waals surface area (Å²) in [6, 6.07) is 23.2. The Kier molecular flexibility index (Phi) is 5.31. The number of rotatable bonds is 5. The van der Waals surface area contributed by atoms with Crippen molar-refractivity contribution in [3.8, 4) is 5.75 Å². The molecule has 1 unspecified atom stereocenters. The van der Waals surface area contributed by atoms with Gasteiger partial charge in [-0.15, -0.1) is 0 Å². The number of ketones is 1. The molecule has 1 fully saturated rings. The van der Waals surface area contributed by atoms with Crippen LogP contribution < -0.4 is 9.64 Å². The van der Waals surface area contributed by atoms with Crippen LogP contribution in [0.2, 0.25) is 0 Å². The van der Waals surface area contributed by atoms with E-state index in [1.165, 1.54) is 0 Å². The van der Waals surface area contributed by atoms with Crippen LogP contribution in [0.25, 0.3) is 5.76 Å². The minimum Gasteiger partial charge on any atom is -0.507 e. The summed E-state index contributed by atoms with van der Waals surface area (Å²) in [7, 11) is 0. The molecule has 1 atom stereocenters. The van der Waals surface area contributed by atoms with Crippen LogP contribution in [0.15, 0.2) is 90.5 Å². The molecule has 0 aromatic heterocycles. The van der Waals surface area contributed by atoms with Crippen molar-refractivity contribution in [2.45, 2.75) is 12.6 Å². The Hall–Kier alpha value is -3.90. The number of anilines is 1. The van der Waals surface area contributed by atoms with Gasteiger partial charge in [-0.3, -0.25) is 14.5 Å². The van der Waals surface area contributed by atoms with Gasteiger partial charge in [0.2, 0.25) is 5.72 Å². The van der Waals surface area contributed by atoms with Gasteiger partial charge in [0.05, 0.1) is 6.61 Å². The van der Waals surface area contributed by atoms with Gasteiger partial charge in [0, 0.05) is 16.8 Å². The number of aliphatic hydroxyl groups excluding tert-OH is 1. The summed E-state index contributed by atoms with van der Waals surface area (Å²) < 4.78 is 5.44. The number of hydrogen-bond donors (Lipinski definition) is 2. The third kappa shape index (κ3) is 3.37. The predicted molar refractivity (Wildman–Crippen MR) is 116 cm³/mol. The maximum atomic E-state index is 13.1. The average molecular weight is 415 g/mol. The van der Waals surface area contributed by atoms with E-state index >= 15 is 0 Å². The molecule has 1 saturated heterocycles. The van der Waals surface area contributed by atoms with Crippen LogP contribution in [0.5, 0.6) is 5.75 Å². The van der Waals surface area contributed by atoms with Crippen molar-refractivity contribution in [1.29, 1.82) is 0 Å². The summed E-state index contributed by atoms with van der Waals surface area (Å²) in [6.07, 6.45) is 0. The maximum absolute atomic E-state index is 13.1. The predicted octanol–water partition coefficient (Wildman–Crippen LogP) is 3.82. The SMILES string of the molecule is CCOc1ccc(N2C(=O)C(=O)/C(=C(\O)c3ccccc3)C2(O)c2ccccc2)cc1. The van der Waals surface area contributed by atoms with Gasteiger partial charge in [0.1, 0.15) is 17.1 Å². The fourth-order valence-electron chi connectivity index (χ4n) is 3.74. The van der Waals surface area contributed by atoms with Gasteiger partial charge in [-0.1, -0.05) is 60.7 Å². The molecule has 4 rings (SSSR count). The van der Waals surface area contributed by atoms with Crippen LogP contribution in [-0.4, -0.2) is 28.5 Å². The second-order valence-corrected chi connectivity index (χ2v) is 7.02.